The van der Waals surface area contributed by atoms with E-state index in [0.29, 0.717) is 22.9 Å². The maximum absolute atomic E-state index is 12.6. The van der Waals surface area contributed by atoms with Crippen LogP contribution in [0.15, 0.2) is 11.4 Å². The average Bonchev–Trinajstić information content (AvgIpc) is 3.11. The summed E-state index contributed by atoms with van der Waals surface area (Å²) >= 11 is 1.21. The van der Waals surface area contributed by atoms with Crippen LogP contribution in [0, 0.1) is 11.8 Å². The highest BCUT2D eigenvalue weighted by Gasteiger charge is 2.49. The van der Waals surface area contributed by atoms with E-state index >= 15 is 0 Å². The highest BCUT2D eigenvalue weighted by molar-refractivity contribution is 7.12. The molecule has 2 fully saturated rings. The van der Waals surface area contributed by atoms with Gasteiger partial charge in [0.05, 0.1) is 4.88 Å². The van der Waals surface area contributed by atoms with Crippen LogP contribution in [0.2, 0.25) is 0 Å². The molecule has 1 aromatic rings. The van der Waals surface area contributed by atoms with Crippen LogP contribution in [0.1, 0.15) is 46.2 Å². The predicted molar refractivity (Wildman–Crippen MR) is 77.6 cm³/mol. The highest BCUT2D eigenvalue weighted by atomic mass is 32.1. The summed E-state index contributed by atoms with van der Waals surface area (Å²) in [5.74, 6) is -0.866. The first-order chi connectivity index (χ1) is 9.99. The van der Waals surface area contributed by atoms with Gasteiger partial charge < -0.3 is 10.0 Å². The topological polar surface area (TPSA) is 74.7 Å². The number of carboxylic acid groups (broad SMARTS) is 1. The Morgan fingerprint density at radius 3 is 2.71 bits per heavy atom. The monoisotopic (exact) mass is 307 g/mol. The molecule has 1 aliphatic heterocycles. The first-order valence-electron chi connectivity index (χ1n) is 7.12. The smallest absolute Gasteiger partial charge is 0.326 e. The molecule has 3 rings (SSSR count). The van der Waals surface area contributed by atoms with Crippen LogP contribution in [-0.4, -0.2) is 40.3 Å². The number of carboxylic acids is 1. The van der Waals surface area contributed by atoms with E-state index in [9.17, 15) is 19.5 Å². The number of hydrogen-bond donors (Lipinski definition) is 1. The van der Waals surface area contributed by atoms with Crippen molar-refractivity contribution < 1.29 is 19.5 Å². The summed E-state index contributed by atoms with van der Waals surface area (Å²) in [5.41, 5.74) is 0.509. The molecular formula is C15H17NO4S. The lowest BCUT2D eigenvalue weighted by atomic mass is 9.94. The minimum atomic E-state index is -0.916. The van der Waals surface area contributed by atoms with Gasteiger partial charge in [0.25, 0.3) is 5.91 Å². The van der Waals surface area contributed by atoms with Crippen LogP contribution in [0.5, 0.6) is 0 Å². The SMILES string of the molecule is CC(=O)c1csc(C(=O)N2C[C@@H]3CCC[C@H]3[C@H]2C(=O)O)c1. The number of Topliss-reactive ketones (excluding diaryl/α,β-unsaturated/α-hetero) is 1. The third kappa shape index (κ3) is 2.37. The molecule has 21 heavy (non-hydrogen) atoms. The second-order valence-electron chi connectivity index (χ2n) is 5.85. The van der Waals surface area contributed by atoms with Crippen molar-refractivity contribution in [1.82, 2.24) is 4.90 Å². The number of fused-ring (bicyclic) bond motifs is 1. The third-order valence-corrected chi connectivity index (χ3v) is 5.54. The summed E-state index contributed by atoms with van der Waals surface area (Å²) < 4.78 is 0. The van der Waals surface area contributed by atoms with Crippen LogP contribution in [0.4, 0.5) is 0 Å². The molecule has 6 heteroatoms. The van der Waals surface area contributed by atoms with Crippen LogP contribution < -0.4 is 0 Å². The molecule has 1 N–H and O–H groups in total. The molecule has 0 unspecified atom stereocenters. The van der Waals surface area contributed by atoms with E-state index in [1.807, 2.05) is 0 Å². The Kier molecular flexibility index (Phi) is 3.57. The van der Waals surface area contributed by atoms with E-state index in [-0.39, 0.29) is 17.6 Å². The summed E-state index contributed by atoms with van der Waals surface area (Å²) in [6.45, 7) is 1.98. The van der Waals surface area contributed by atoms with Gasteiger partial charge >= 0.3 is 5.97 Å². The molecule has 2 heterocycles. The van der Waals surface area contributed by atoms with E-state index in [4.69, 9.17) is 0 Å². The average molecular weight is 307 g/mol. The van der Waals surface area contributed by atoms with Crippen molar-refractivity contribution in [1.29, 1.82) is 0 Å². The Labute approximate surface area is 126 Å². The summed E-state index contributed by atoms with van der Waals surface area (Å²) in [6.07, 6.45) is 2.94. The molecule has 1 aliphatic carbocycles. The number of carbonyl (C=O) groups is 3. The second kappa shape index (κ2) is 5.26. The lowest BCUT2D eigenvalue weighted by molar-refractivity contribution is -0.142. The maximum Gasteiger partial charge on any atom is 0.326 e. The quantitative estimate of drug-likeness (QED) is 0.869. The van der Waals surface area contributed by atoms with E-state index in [1.54, 1.807) is 11.4 Å². The number of thiophene rings is 1. The molecule has 5 nitrogen and oxygen atoms in total. The fourth-order valence-electron chi connectivity index (χ4n) is 3.61. The van der Waals surface area contributed by atoms with Gasteiger partial charge in [0.15, 0.2) is 5.78 Å². The molecule has 0 aromatic carbocycles. The number of carbonyl (C=O) groups excluding carboxylic acids is 2. The fourth-order valence-corrected chi connectivity index (χ4v) is 4.51. The van der Waals surface area contributed by atoms with Gasteiger partial charge in [-0.25, -0.2) is 4.79 Å². The summed E-state index contributed by atoms with van der Waals surface area (Å²) in [4.78, 5) is 37.4. The number of nitrogens with zero attached hydrogens (tertiary/aromatic N) is 1. The molecule has 0 radical (unpaired) electrons. The third-order valence-electron chi connectivity index (χ3n) is 4.62. The lowest BCUT2D eigenvalue weighted by Crippen LogP contribution is -2.43. The number of amides is 1. The molecule has 0 bridgehead atoms. The Morgan fingerprint density at radius 1 is 1.33 bits per heavy atom. The first kappa shape index (κ1) is 14.3. The van der Waals surface area contributed by atoms with Crippen molar-refractivity contribution in [3.63, 3.8) is 0 Å². The first-order valence-corrected chi connectivity index (χ1v) is 8.00. The van der Waals surface area contributed by atoms with E-state index in [1.165, 1.54) is 23.2 Å². The minimum Gasteiger partial charge on any atom is -0.480 e. The molecule has 112 valence electrons. The highest BCUT2D eigenvalue weighted by Crippen LogP contribution is 2.43. The van der Waals surface area contributed by atoms with Gasteiger partial charge in [-0.15, -0.1) is 11.3 Å². The fraction of sp³-hybridized carbons (Fsp3) is 0.533. The zero-order valence-electron chi connectivity index (χ0n) is 11.7. The van der Waals surface area contributed by atoms with Crippen molar-refractivity contribution in [3.8, 4) is 0 Å². The van der Waals surface area contributed by atoms with Crippen LogP contribution in [0.3, 0.4) is 0 Å². The number of ketones is 1. The predicted octanol–water partition coefficient (Wildman–Crippen LogP) is 2.28. The van der Waals surface area contributed by atoms with Crippen molar-refractivity contribution in [2.45, 2.75) is 32.2 Å². The lowest BCUT2D eigenvalue weighted by Gasteiger charge is -2.23. The van der Waals surface area contributed by atoms with Crippen LogP contribution >= 0.6 is 11.3 Å². The molecule has 1 saturated heterocycles. The van der Waals surface area contributed by atoms with Gasteiger partial charge in [-0.05, 0) is 37.7 Å². The van der Waals surface area contributed by atoms with Crippen molar-refractivity contribution in [2.75, 3.05) is 6.54 Å². The number of rotatable bonds is 3. The second-order valence-corrected chi connectivity index (χ2v) is 6.76. The van der Waals surface area contributed by atoms with Crippen molar-refractivity contribution >= 4 is 29.0 Å². The molecule has 1 amide bonds. The summed E-state index contributed by atoms with van der Waals surface area (Å²) in [5, 5.41) is 11.1. The van der Waals surface area contributed by atoms with Gasteiger partial charge in [0, 0.05) is 17.5 Å². The summed E-state index contributed by atoms with van der Waals surface area (Å²) in [6, 6.07) is 0.857. The molecule has 0 spiro atoms. The number of aliphatic carboxylic acids is 1. The molecule has 1 saturated carbocycles. The number of likely N-dealkylation sites (tertiary alicyclic amines) is 1. The van der Waals surface area contributed by atoms with Gasteiger partial charge in [-0.3, -0.25) is 9.59 Å². The Balaban J connectivity index is 1.86. The van der Waals surface area contributed by atoms with Crippen LogP contribution in [-0.2, 0) is 4.79 Å². The molecule has 3 atom stereocenters. The minimum absolute atomic E-state index is 0.0821. The zero-order chi connectivity index (χ0) is 15.1. The molecule has 2 aliphatic rings. The van der Waals surface area contributed by atoms with E-state index < -0.39 is 12.0 Å². The van der Waals surface area contributed by atoms with E-state index in [0.717, 1.165) is 19.3 Å². The zero-order valence-corrected chi connectivity index (χ0v) is 12.6. The standard InChI is InChI=1S/C15H17NO4S/c1-8(17)10-5-12(21-7-10)14(18)16-6-9-3-2-4-11(9)13(16)15(19)20/h5,7,9,11,13H,2-4,6H2,1H3,(H,19,20)/t9-,11+,13-/m0/s1. The Hall–Kier alpha value is -1.69. The Bertz CT molecular complexity index is 609. The summed E-state index contributed by atoms with van der Waals surface area (Å²) in [7, 11) is 0. The van der Waals surface area contributed by atoms with Gasteiger partial charge in [-0.2, -0.15) is 0 Å². The van der Waals surface area contributed by atoms with Gasteiger partial charge in [0.1, 0.15) is 6.04 Å². The van der Waals surface area contributed by atoms with Crippen LogP contribution in [0.25, 0.3) is 0 Å². The number of hydrogen-bond acceptors (Lipinski definition) is 4. The Morgan fingerprint density at radius 2 is 2.10 bits per heavy atom. The largest absolute Gasteiger partial charge is 0.480 e. The van der Waals surface area contributed by atoms with Gasteiger partial charge in [0.2, 0.25) is 0 Å². The van der Waals surface area contributed by atoms with Crippen molar-refractivity contribution in [2.24, 2.45) is 11.8 Å². The molecule has 1 aromatic heterocycles. The van der Waals surface area contributed by atoms with Gasteiger partial charge in [-0.1, -0.05) is 6.42 Å². The van der Waals surface area contributed by atoms with E-state index in [2.05, 4.69) is 0 Å². The maximum atomic E-state index is 12.6. The van der Waals surface area contributed by atoms with Crippen molar-refractivity contribution in [3.05, 3.63) is 21.9 Å². The normalized spacial score (nSPS) is 27.7. The molecular weight excluding hydrogens is 290 g/mol.